The molecular formula is C45H45N3O7S. The van der Waals surface area contributed by atoms with Gasteiger partial charge in [-0.15, -0.1) is 11.8 Å². The molecule has 2 atom stereocenters. The largest absolute Gasteiger partial charge is 0.459 e. The number of hydrogen-bond acceptors (Lipinski definition) is 8. The Hall–Kier alpha value is -6.20. The maximum atomic E-state index is 13.7. The zero-order chi connectivity index (χ0) is 39.6. The molecule has 0 aliphatic rings. The van der Waals surface area contributed by atoms with Gasteiger partial charge in [0.05, 0.1) is 11.3 Å². The summed E-state index contributed by atoms with van der Waals surface area (Å²) in [7, 11) is 0. The van der Waals surface area contributed by atoms with Gasteiger partial charge in [-0.2, -0.15) is 0 Å². The third-order valence-corrected chi connectivity index (χ3v) is 10.5. The lowest BCUT2D eigenvalue weighted by atomic mass is 9.84. The summed E-state index contributed by atoms with van der Waals surface area (Å²) in [5.74, 6) is -1.96. The Morgan fingerprint density at radius 2 is 1.04 bits per heavy atom. The maximum Gasteiger partial charge on any atom is 0.408 e. The Kier molecular flexibility index (Phi) is 15.4. The molecule has 3 N–H and O–H groups in total. The van der Waals surface area contributed by atoms with Crippen molar-refractivity contribution < 1.29 is 33.4 Å². The van der Waals surface area contributed by atoms with Gasteiger partial charge in [-0.3, -0.25) is 14.4 Å². The quantitative estimate of drug-likeness (QED) is 0.0622. The van der Waals surface area contributed by atoms with E-state index < -0.39 is 40.7 Å². The van der Waals surface area contributed by atoms with Crippen LogP contribution in [0.5, 0.6) is 0 Å². The Bertz CT molecular complexity index is 1920. The van der Waals surface area contributed by atoms with Gasteiger partial charge in [0.25, 0.3) is 0 Å². The Morgan fingerprint density at radius 1 is 0.589 bits per heavy atom. The van der Waals surface area contributed by atoms with Crippen LogP contribution in [0.2, 0.25) is 0 Å². The second-order valence-corrected chi connectivity index (χ2v) is 14.3. The number of hydrogen-bond donors (Lipinski definition) is 3. The van der Waals surface area contributed by atoms with Crippen LogP contribution in [0, 0.1) is 0 Å². The Morgan fingerprint density at radius 3 is 1.50 bits per heavy atom. The average molecular weight is 772 g/mol. The Balaban J connectivity index is 1.34. The predicted octanol–water partition coefficient (Wildman–Crippen LogP) is 6.72. The summed E-state index contributed by atoms with van der Waals surface area (Å²) >= 11 is 1.48. The SMILES string of the molecule is CC(=O)CNC(=O)[C@H](CSC(c1ccccc1)(c1ccccc1)c1ccccc1)NC(=O)CC[C@H](NC(=O)OCc1ccccc1)C(=O)OCc1ccccc1. The highest BCUT2D eigenvalue weighted by Crippen LogP contribution is 2.48. The van der Waals surface area contributed by atoms with Crippen LogP contribution in [0.25, 0.3) is 0 Å². The first-order valence-electron chi connectivity index (χ1n) is 18.3. The average Bonchev–Trinajstić information content (AvgIpc) is 3.24. The zero-order valence-corrected chi connectivity index (χ0v) is 31.9. The molecule has 5 rings (SSSR count). The minimum absolute atomic E-state index is 0.0237. The molecule has 288 valence electrons. The summed E-state index contributed by atoms with van der Waals surface area (Å²) in [5.41, 5.74) is 4.42. The van der Waals surface area contributed by atoms with E-state index in [0.717, 1.165) is 27.8 Å². The van der Waals surface area contributed by atoms with Crippen LogP contribution in [-0.2, 0) is 46.6 Å². The summed E-state index contributed by atoms with van der Waals surface area (Å²) in [5, 5.41) is 8.04. The fourth-order valence-electron chi connectivity index (χ4n) is 6.02. The molecule has 0 aliphatic heterocycles. The Labute approximate surface area is 331 Å². The van der Waals surface area contributed by atoms with Crippen molar-refractivity contribution in [1.29, 1.82) is 0 Å². The number of benzene rings is 5. The monoisotopic (exact) mass is 771 g/mol. The number of thioether (sulfide) groups is 1. The number of rotatable bonds is 19. The fourth-order valence-corrected chi connectivity index (χ4v) is 7.58. The summed E-state index contributed by atoms with van der Waals surface area (Å²) < 4.78 is 10.1. The first kappa shape index (κ1) is 41.0. The van der Waals surface area contributed by atoms with Crippen molar-refractivity contribution in [2.24, 2.45) is 0 Å². The van der Waals surface area contributed by atoms with Gasteiger partial charge in [-0.25, -0.2) is 9.59 Å². The summed E-state index contributed by atoms with van der Waals surface area (Å²) in [4.78, 5) is 65.4. The summed E-state index contributed by atoms with van der Waals surface area (Å²) in [6, 6.07) is 45.6. The van der Waals surface area contributed by atoms with Crippen molar-refractivity contribution in [2.45, 2.75) is 49.8 Å². The maximum absolute atomic E-state index is 13.7. The fraction of sp³-hybridized carbons (Fsp3) is 0.222. The van der Waals surface area contributed by atoms with E-state index in [1.165, 1.54) is 18.7 Å². The van der Waals surface area contributed by atoms with Gasteiger partial charge in [0, 0.05) is 12.2 Å². The second-order valence-electron chi connectivity index (χ2n) is 13.0. The minimum Gasteiger partial charge on any atom is -0.459 e. The normalized spacial score (nSPS) is 12.0. The highest BCUT2D eigenvalue weighted by molar-refractivity contribution is 8.00. The first-order valence-corrected chi connectivity index (χ1v) is 19.3. The molecule has 11 heteroatoms. The minimum atomic E-state index is -1.23. The molecule has 56 heavy (non-hydrogen) atoms. The van der Waals surface area contributed by atoms with Gasteiger partial charge in [0.15, 0.2) is 0 Å². The molecular weight excluding hydrogens is 727 g/mol. The molecule has 0 spiro atoms. The number of carbonyl (C=O) groups excluding carboxylic acids is 5. The van der Waals surface area contributed by atoms with Crippen molar-refractivity contribution >= 4 is 41.4 Å². The van der Waals surface area contributed by atoms with E-state index in [9.17, 15) is 24.0 Å². The van der Waals surface area contributed by atoms with Crippen molar-refractivity contribution in [3.8, 4) is 0 Å². The van der Waals surface area contributed by atoms with Gasteiger partial charge in [-0.05, 0) is 41.2 Å². The van der Waals surface area contributed by atoms with Crippen molar-refractivity contribution in [3.63, 3.8) is 0 Å². The highest BCUT2D eigenvalue weighted by atomic mass is 32.2. The third-order valence-electron chi connectivity index (χ3n) is 8.84. The molecule has 0 aliphatic carbocycles. The van der Waals surface area contributed by atoms with E-state index in [2.05, 4.69) is 16.0 Å². The molecule has 0 saturated carbocycles. The number of Topliss-reactive ketones (excluding diaryl/α,β-unsaturated/α-hetero) is 1. The lowest BCUT2D eigenvalue weighted by Gasteiger charge is -2.36. The smallest absolute Gasteiger partial charge is 0.408 e. The number of nitrogens with one attached hydrogen (secondary N) is 3. The van der Waals surface area contributed by atoms with Gasteiger partial charge < -0.3 is 25.4 Å². The van der Waals surface area contributed by atoms with E-state index in [-0.39, 0.29) is 44.1 Å². The van der Waals surface area contributed by atoms with Gasteiger partial charge in [0.1, 0.15) is 31.1 Å². The zero-order valence-electron chi connectivity index (χ0n) is 31.1. The number of alkyl carbamates (subject to hydrolysis) is 1. The number of amides is 3. The van der Waals surface area contributed by atoms with E-state index in [1.807, 2.05) is 127 Å². The second kappa shape index (κ2) is 21.0. The van der Waals surface area contributed by atoms with Gasteiger partial charge in [-0.1, -0.05) is 152 Å². The van der Waals surface area contributed by atoms with Gasteiger partial charge in [0.2, 0.25) is 11.8 Å². The van der Waals surface area contributed by atoms with Crippen LogP contribution in [0.4, 0.5) is 4.79 Å². The van der Waals surface area contributed by atoms with Gasteiger partial charge >= 0.3 is 12.1 Å². The van der Waals surface area contributed by atoms with Crippen molar-refractivity contribution in [1.82, 2.24) is 16.0 Å². The van der Waals surface area contributed by atoms with E-state index in [1.54, 1.807) is 24.3 Å². The van der Waals surface area contributed by atoms with Crippen molar-refractivity contribution in [3.05, 3.63) is 179 Å². The third kappa shape index (κ3) is 11.9. The predicted molar refractivity (Wildman–Crippen MR) is 216 cm³/mol. The topological polar surface area (TPSA) is 140 Å². The van der Waals surface area contributed by atoms with Crippen LogP contribution in [0.15, 0.2) is 152 Å². The van der Waals surface area contributed by atoms with Crippen LogP contribution >= 0.6 is 11.8 Å². The molecule has 0 saturated heterocycles. The van der Waals surface area contributed by atoms with E-state index in [4.69, 9.17) is 9.47 Å². The molecule has 0 fully saturated rings. The first-order chi connectivity index (χ1) is 27.2. The molecule has 0 radical (unpaired) electrons. The molecule has 10 nitrogen and oxygen atoms in total. The number of carbonyl (C=O) groups is 5. The molecule has 0 aromatic heterocycles. The molecule has 5 aromatic carbocycles. The molecule has 3 amide bonds. The number of ketones is 1. The van der Waals surface area contributed by atoms with Crippen molar-refractivity contribution in [2.75, 3.05) is 12.3 Å². The lowest BCUT2D eigenvalue weighted by molar-refractivity contribution is -0.147. The lowest BCUT2D eigenvalue weighted by Crippen LogP contribution is -2.50. The van der Waals surface area contributed by atoms with E-state index in [0.29, 0.717) is 0 Å². The molecule has 0 unspecified atom stereocenters. The van der Waals surface area contributed by atoms with Crippen LogP contribution in [0.1, 0.15) is 47.6 Å². The molecule has 0 bridgehead atoms. The highest BCUT2D eigenvalue weighted by Gasteiger charge is 2.38. The summed E-state index contributed by atoms with van der Waals surface area (Å²) in [6.07, 6.45) is -1.24. The molecule has 0 heterocycles. The number of esters is 1. The van der Waals surface area contributed by atoms with Crippen LogP contribution in [0.3, 0.4) is 0 Å². The van der Waals surface area contributed by atoms with Crippen LogP contribution in [-0.4, -0.2) is 54.0 Å². The molecule has 5 aromatic rings. The number of ether oxygens (including phenoxy) is 2. The van der Waals surface area contributed by atoms with E-state index >= 15 is 0 Å². The van der Waals surface area contributed by atoms with Crippen LogP contribution < -0.4 is 16.0 Å². The summed E-state index contributed by atoms with van der Waals surface area (Å²) in [6.45, 7) is 1.10. The standard InChI is InChI=1S/C45H45N3O7S/c1-33(49)29-46-42(51)40(32-56-45(36-21-11-4-12-22-36,37-23-13-5-14-24-37)38-25-15-6-16-26-38)47-41(50)28-27-39(43(52)54-30-34-17-7-2-8-18-34)48-44(53)55-31-35-19-9-3-10-20-35/h2-26,39-40H,27-32H2,1H3,(H,46,51)(H,47,50)(H,48,53)/t39-,40-/m0/s1.